The Hall–Kier alpha value is -3.55. The van der Waals surface area contributed by atoms with Gasteiger partial charge in [-0.1, -0.05) is 12.1 Å². The number of anilines is 1. The Bertz CT molecular complexity index is 941. The number of carbonyl (C=O) groups excluding carboxylic acids is 2. The van der Waals surface area contributed by atoms with Crippen LogP contribution in [0.5, 0.6) is 11.5 Å². The minimum absolute atomic E-state index is 0.278. The molecular weight excluding hydrogens is 365 g/mol. The maximum atomic E-state index is 13.2. The quantitative estimate of drug-likeness (QED) is 0.738. The Morgan fingerprint density at radius 1 is 1.11 bits per heavy atom. The van der Waals surface area contributed by atoms with Gasteiger partial charge in [0.1, 0.15) is 5.82 Å². The van der Waals surface area contributed by atoms with Crippen LogP contribution in [0, 0.1) is 12.7 Å². The number of methoxy groups -OCH3 is 2. The van der Waals surface area contributed by atoms with Gasteiger partial charge in [0.2, 0.25) is 0 Å². The number of ether oxygens (including phenoxy) is 2. The summed E-state index contributed by atoms with van der Waals surface area (Å²) in [4.78, 5) is 24.7. The van der Waals surface area contributed by atoms with Gasteiger partial charge in [0.15, 0.2) is 11.5 Å². The van der Waals surface area contributed by atoms with E-state index in [-0.39, 0.29) is 5.57 Å². The van der Waals surface area contributed by atoms with E-state index in [1.165, 1.54) is 44.7 Å². The van der Waals surface area contributed by atoms with E-state index in [1.807, 2.05) is 6.92 Å². The Morgan fingerprint density at radius 2 is 1.75 bits per heavy atom. The number of urea groups is 1. The van der Waals surface area contributed by atoms with Crippen molar-refractivity contribution in [1.29, 1.82) is 0 Å². The summed E-state index contributed by atoms with van der Waals surface area (Å²) in [6, 6.07) is 7.84. The molecule has 8 heteroatoms. The van der Waals surface area contributed by atoms with Crippen molar-refractivity contribution in [3.8, 4) is 11.5 Å². The molecule has 28 heavy (non-hydrogen) atoms. The zero-order chi connectivity index (χ0) is 20.3. The van der Waals surface area contributed by atoms with Crippen molar-refractivity contribution < 1.29 is 23.5 Å². The molecule has 0 saturated heterocycles. The lowest BCUT2D eigenvalue weighted by Crippen LogP contribution is -2.43. The fraction of sp³-hybridized carbons (Fsp3) is 0.200. The fourth-order valence-corrected chi connectivity index (χ4v) is 2.90. The summed E-state index contributed by atoms with van der Waals surface area (Å²) in [5.41, 5.74) is 2.18. The first-order valence-electron chi connectivity index (χ1n) is 8.49. The van der Waals surface area contributed by atoms with E-state index in [0.717, 1.165) is 5.56 Å². The zero-order valence-corrected chi connectivity index (χ0v) is 15.6. The standard InChI is InChI=1S/C20H20FN3O4/c1-11-8-16(27-2)17(28-3)9-15(11)23-19(25)14-10-22-20(26)24-18(14)12-4-6-13(21)7-5-12/h4-10,18H,1-3H3,(H,23,25)(H2,22,24,26)/t18-/m0/s1. The summed E-state index contributed by atoms with van der Waals surface area (Å²) < 4.78 is 23.8. The van der Waals surface area contributed by atoms with Crippen LogP contribution in [0.3, 0.4) is 0 Å². The molecule has 1 aliphatic heterocycles. The smallest absolute Gasteiger partial charge is 0.319 e. The monoisotopic (exact) mass is 385 g/mol. The van der Waals surface area contributed by atoms with Crippen LogP contribution in [0.4, 0.5) is 14.9 Å². The van der Waals surface area contributed by atoms with Gasteiger partial charge in [-0.25, -0.2) is 9.18 Å². The van der Waals surface area contributed by atoms with E-state index < -0.39 is 23.8 Å². The first-order chi connectivity index (χ1) is 13.4. The molecule has 0 unspecified atom stereocenters. The molecule has 0 bridgehead atoms. The van der Waals surface area contributed by atoms with Gasteiger partial charge in [-0.15, -0.1) is 0 Å². The van der Waals surface area contributed by atoms with Gasteiger partial charge in [-0.2, -0.15) is 0 Å². The highest BCUT2D eigenvalue weighted by Gasteiger charge is 2.28. The summed E-state index contributed by atoms with van der Waals surface area (Å²) in [5.74, 6) is 0.202. The lowest BCUT2D eigenvalue weighted by atomic mass is 9.97. The summed E-state index contributed by atoms with van der Waals surface area (Å²) in [5, 5.41) is 7.98. The molecule has 1 atom stereocenters. The normalized spacial score (nSPS) is 15.8. The van der Waals surface area contributed by atoms with E-state index in [2.05, 4.69) is 16.0 Å². The summed E-state index contributed by atoms with van der Waals surface area (Å²) in [7, 11) is 3.04. The van der Waals surface area contributed by atoms with Gasteiger partial charge in [-0.05, 0) is 36.2 Å². The molecule has 146 valence electrons. The zero-order valence-electron chi connectivity index (χ0n) is 15.6. The molecule has 0 saturated carbocycles. The van der Waals surface area contributed by atoms with E-state index >= 15 is 0 Å². The van der Waals surface area contributed by atoms with Crippen molar-refractivity contribution in [1.82, 2.24) is 10.6 Å². The number of nitrogens with one attached hydrogen (secondary N) is 3. The highest BCUT2D eigenvalue weighted by atomic mass is 19.1. The van der Waals surface area contributed by atoms with Crippen LogP contribution >= 0.6 is 0 Å². The highest BCUT2D eigenvalue weighted by Crippen LogP contribution is 2.33. The van der Waals surface area contributed by atoms with Crippen LogP contribution in [0.15, 0.2) is 48.2 Å². The minimum Gasteiger partial charge on any atom is -0.493 e. The predicted molar refractivity (Wildman–Crippen MR) is 102 cm³/mol. The van der Waals surface area contributed by atoms with Crippen molar-refractivity contribution in [2.75, 3.05) is 19.5 Å². The number of amides is 3. The van der Waals surface area contributed by atoms with Crippen molar-refractivity contribution in [3.05, 3.63) is 65.1 Å². The molecule has 0 aromatic heterocycles. The lowest BCUT2D eigenvalue weighted by Gasteiger charge is -2.26. The number of hydrogen-bond acceptors (Lipinski definition) is 4. The summed E-state index contributed by atoms with van der Waals surface area (Å²) in [6.45, 7) is 1.82. The average Bonchev–Trinajstić information content (AvgIpc) is 2.69. The predicted octanol–water partition coefficient (Wildman–Crippen LogP) is 3.03. The van der Waals surface area contributed by atoms with Crippen molar-refractivity contribution in [3.63, 3.8) is 0 Å². The molecule has 3 amide bonds. The molecule has 2 aromatic carbocycles. The van der Waals surface area contributed by atoms with E-state index in [4.69, 9.17) is 9.47 Å². The largest absolute Gasteiger partial charge is 0.493 e. The van der Waals surface area contributed by atoms with Crippen molar-refractivity contribution in [2.24, 2.45) is 0 Å². The average molecular weight is 385 g/mol. The molecule has 0 radical (unpaired) electrons. The highest BCUT2D eigenvalue weighted by molar-refractivity contribution is 6.06. The topological polar surface area (TPSA) is 88.7 Å². The first-order valence-corrected chi connectivity index (χ1v) is 8.49. The van der Waals surface area contributed by atoms with E-state index in [1.54, 1.807) is 12.1 Å². The fourth-order valence-electron chi connectivity index (χ4n) is 2.90. The van der Waals surface area contributed by atoms with E-state index in [0.29, 0.717) is 22.7 Å². The second kappa shape index (κ2) is 7.99. The number of halogens is 1. The van der Waals surface area contributed by atoms with Gasteiger partial charge in [-0.3, -0.25) is 4.79 Å². The maximum Gasteiger partial charge on any atom is 0.319 e. The van der Waals surface area contributed by atoms with Crippen molar-refractivity contribution in [2.45, 2.75) is 13.0 Å². The Balaban J connectivity index is 1.90. The van der Waals surface area contributed by atoms with Gasteiger partial charge in [0, 0.05) is 18.0 Å². The van der Waals surface area contributed by atoms with Crippen LogP contribution in [0.25, 0.3) is 0 Å². The van der Waals surface area contributed by atoms with Crippen LogP contribution in [0.1, 0.15) is 17.2 Å². The number of hydrogen-bond donors (Lipinski definition) is 3. The molecule has 7 nitrogen and oxygen atoms in total. The second-order valence-electron chi connectivity index (χ2n) is 6.18. The third-order valence-corrected chi connectivity index (χ3v) is 4.39. The van der Waals surface area contributed by atoms with Gasteiger partial charge in [0.05, 0.1) is 25.8 Å². The van der Waals surface area contributed by atoms with Crippen LogP contribution in [0.2, 0.25) is 0 Å². The number of carbonyl (C=O) groups is 2. The Labute approximate surface area is 161 Å². The SMILES string of the molecule is COc1cc(C)c(NC(=O)C2=CNC(=O)N[C@H]2c2ccc(F)cc2)cc1OC. The third-order valence-electron chi connectivity index (χ3n) is 4.39. The Morgan fingerprint density at radius 3 is 2.39 bits per heavy atom. The van der Waals surface area contributed by atoms with Crippen LogP contribution in [-0.4, -0.2) is 26.2 Å². The molecular formula is C20H20FN3O4. The third kappa shape index (κ3) is 3.90. The molecule has 0 aliphatic carbocycles. The molecule has 2 aromatic rings. The molecule has 1 heterocycles. The summed E-state index contributed by atoms with van der Waals surface area (Å²) >= 11 is 0. The second-order valence-corrected chi connectivity index (χ2v) is 6.18. The first kappa shape index (κ1) is 19.2. The maximum absolute atomic E-state index is 13.2. The van der Waals surface area contributed by atoms with E-state index in [9.17, 15) is 14.0 Å². The number of aryl methyl sites for hydroxylation is 1. The van der Waals surface area contributed by atoms with Gasteiger partial charge >= 0.3 is 6.03 Å². The van der Waals surface area contributed by atoms with Crippen molar-refractivity contribution >= 4 is 17.6 Å². The molecule has 0 fully saturated rings. The molecule has 0 spiro atoms. The number of rotatable bonds is 5. The summed E-state index contributed by atoms with van der Waals surface area (Å²) in [6.07, 6.45) is 1.35. The lowest BCUT2D eigenvalue weighted by molar-refractivity contribution is -0.113. The van der Waals surface area contributed by atoms with Crippen LogP contribution < -0.4 is 25.4 Å². The molecule has 3 rings (SSSR count). The van der Waals surface area contributed by atoms with Gasteiger partial charge in [0.25, 0.3) is 5.91 Å². The minimum atomic E-state index is -0.713. The van der Waals surface area contributed by atoms with Crippen LogP contribution in [-0.2, 0) is 4.79 Å². The number of benzene rings is 2. The Kier molecular flexibility index (Phi) is 5.49. The van der Waals surface area contributed by atoms with Gasteiger partial charge < -0.3 is 25.4 Å². The molecule has 3 N–H and O–H groups in total. The molecule has 1 aliphatic rings.